The molecule has 0 spiro atoms. The molecule has 0 unspecified atom stereocenters. The number of pyridine rings is 1. The van der Waals surface area contributed by atoms with Gasteiger partial charge in [-0.15, -0.1) is 0 Å². The third-order valence-corrected chi connectivity index (χ3v) is 2.48. The summed E-state index contributed by atoms with van der Waals surface area (Å²) < 4.78 is 0. The van der Waals surface area contributed by atoms with Crippen molar-refractivity contribution in [2.24, 2.45) is 0 Å². The Balaban J connectivity index is 1.84. The molecule has 0 fully saturated rings. The molecule has 0 aliphatic rings. The first-order chi connectivity index (χ1) is 8.88. The van der Waals surface area contributed by atoms with Crippen molar-refractivity contribution in [1.82, 2.24) is 20.3 Å². The fourth-order valence-corrected chi connectivity index (χ4v) is 1.62. The van der Waals surface area contributed by atoms with Crippen LogP contribution < -0.4 is 10.6 Å². The van der Waals surface area contributed by atoms with Crippen LogP contribution in [0.3, 0.4) is 0 Å². The van der Waals surface area contributed by atoms with Gasteiger partial charge in [0, 0.05) is 25.1 Å². The monoisotopic (exact) mass is 243 g/mol. The lowest BCUT2D eigenvalue weighted by molar-refractivity contribution is 0.758. The normalized spacial score (nSPS) is 10.3. The molecule has 0 aliphatic carbocycles. The number of hydrogen-bond acceptors (Lipinski definition) is 5. The first-order valence-electron chi connectivity index (χ1n) is 5.98. The zero-order valence-corrected chi connectivity index (χ0v) is 10.4. The van der Waals surface area contributed by atoms with Crippen LogP contribution in [0.4, 0.5) is 5.82 Å². The van der Waals surface area contributed by atoms with Gasteiger partial charge >= 0.3 is 0 Å². The summed E-state index contributed by atoms with van der Waals surface area (Å²) >= 11 is 0. The van der Waals surface area contributed by atoms with Gasteiger partial charge in [0.2, 0.25) is 0 Å². The highest BCUT2D eigenvalue weighted by atomic mass is 15.0. The summed E-state index contributed by atoms with van der Waals surface area (Å²) in [5.41, 5.74) is 1.22. The number of nitrogens with one attached hydrogen (secondary N) is 2. The Morgan fingerprint density at radius 2 is 2.17 bits per heavy atom. The molecular formula is C13H17N5. The molecule has 18 heavy (non-hydrogen) atoms. The van der Waals surface area contributed by atoms with Crippen molar-refractivity contribution >= 4 is 5.82 Å². The van der Waals surface area contributed by atoms with Gasteiger partial charge in [-0.3, -0.25) is 4.98 Å². The summed E-state index contributed by atoms with van der Waals surface area (Å²) in [5, 5.41) is 6.32. The molecule has 2 heterocycles. The number of nitrogens with zero attached hydrogens (tertiary/aromatic N) is 3. The van der Waals surface area contributed by atoms with E-state index in [9.17, 15) is 0 Å². The standard InChI is InChI=1S/C13H17N5/c1-14-10-13-17-8-5-12(18-13)16-7-4-11-3-2-6-15-9-11/h2-3,5-6,8-9,14H,4,7,10H2,1H3,(H,16,17,18). The van der Waals surface area contributed by atoms with E-state index in [1.54, 1.807) is 12.4 Å². The fraction of sp³-hybridized carbons (Fsp3) is 0.308. The lowest BCUT2D eigenvalue weighted by atomic mass is 10.2. The highest BCUT2D eigenvalue weighted by Crippen LogP contribution is 2.03. The molecule has 94 valence electrons. The maximum absolute atomic E-state index is 4.39. The lowest BCUT2D eigenvalue weighted by Crippen LogP contribution is -2.12. The summed E-state index contributed by atoms with van der Waals surface area (Å²) in [6, 6.07) is 5.90. The van der Waals surface area contributed by atoms with Crippen LogP contribution >= 0.6 is 0 Å². The van der Waals surface area contributed by atoms with Crippen molar-refractivity contribution in [3.05, 3.63) is 48.2 Å². The van der Waals surface area contributed by atoms with Crippen molar-refractivity contribution in [2.45, 2.75) is 13.0 Å². The molecule has 0 atom stereocenters. The zero-order valence-electron chi connectivity index (χ0n) is 10.4. The van der Waals surface area contributed by atoms with Crippen LogP contribution in [-0.4, -0.2) is 28.5 Å². The first-order valence-corrected chi connectivity index (χ1v) is 5.98. The van der Waals surface area contributed by atoms with Crippen LogP contribution in [0.15, 0.2) is 36.8 Å². The highest BCUT2D eigenvalue weighted by Gasteiger charge is 1.98. The summed E-state index contributed by atoms with van der Waals surface area (Å²) in [7, 11) is 1.88. The topological polar surface area (TPSA) is 62.7 Å². The second-order valence-corrected chi connectivity index (χ2v) is 3.93. The Bertz CT molecular complexity index is 472. The minimum absolute atomic E-state index is 0.679. The molecule has 2 N–H and O–H groups in total. The van der Waals surface area contributed by atoms with Crippen LogP contribution in [0, 0.1) is 0 Å². The average Bonchev–Trinajstić information content (AvgIpc) is 2.41. The third kappa shape index (κ3) is 3.78. The second kappa shape index (κ2) is 6.66. The van der Waals surface area contributed by atoms with Crippen molar-refractivity contribution in [3.63, 3.8) is 0 Å². The number of anilines is 1. The first kappa shape index (κ1) is 12.4. The Hall–Kier alpha value is -2.01. The van der Waals surface area contributed by atoms with Crippen LogP contribution in [0.2, 0.25) is 0 Å². The fourth-order valence-electron chi connectivity index (χ4n) is 1.62. The van der Waals surface area contributed by atoms with E-state index in [4.69, 9.17) is 0 Å². The van der Waals surface area contributed by atoms with Crippen LogP contribution in [-0.2, 0) is 13.0 Å². The zero-order chi connectivity index (χ0) is 12.6. The van der Waals surface area contributed by atoms with E-state index < -0.39 is 0 Å². The van der Waals surface area contributed by atoms with E-state index in [0.29, 0.717) is 6.54 Å². The molecule has 0 aromatic carbocycles. The van der Waals surface area contributed by atoms with Crippen molar-refractivity contribution in [3.8, 4) is 0 Å². The van der Waals surface area contributed by atoms with Crippen LogP contribution in [0.5, 0.6) is 0 Å². The predicted molar refractivity (Wildman–Crippen MR) is 71.2 cm³/mol. The molecule has 0 saturated heterocycles. The summed E-state index contributed by atoms with van der Waals surface area (Å²) in [6.07, 6.45) is 6.37. The highest BCUT2D eigenvalue weighted by molar-refractivity contribution is 5.33. The minimum Gasteiger partial charge on any atom is -0.370 e. The molecule has 5 heteroatoms. The van der Waals surface area contributed by atoms with E-state index >= 15 is 0 Å². The van der Waals surface area contributed by atoms with Crippen LogP contribution in [0.1, 0.15) is 11.4 Å². The predicted octanol–water partition coefficient (Wildman–Crippen LogP) is 1.25. The molecule has 2 aromatic rings. The lowest BCUT2D eigenvalue weighted by Gasteiger charge is -2.06. The summed E-state index contributed by atoms with van der Waals surface area (Å²) in [5.74, 6) is 1.66. The quantitative estimate of drug-likeness (QED) is 0.799. The van der Waals surface area contributed by atoms with E-state index in [-0.39, 0.29) is 0 Å². The van der Waals surface area contributed by atoms with E-state index in [1.165, 1.54) is 5.56 Å². The van der Waals surface area contributed by atoms with Gasteiger partial charge in [0.1, 0.15) is 11.6 Å². The SMILES string of the molecule is CNCc1nccc(NCCc2cccnc2)n1. The summed E-state index contributed by atoms with van der Waals surface area (Å²) in [6.45, 7) is 1.51. The van der Waals surface area contributed by atoms with E-state index in [2.05, 4.69) is 31.7 Å². The molecule has 0 saturated carbocycles. The molecule has 0 aliphatic heterocycles. The number of rotatable bonds is 6. The van der Waals surface area contributed by atoms with Gasteiger partial charge in [0.05, 0.1) is 6.54 Å². The smallest absolute Gasteiger partial charge is 0.144 e. The van der Waals surface area contributed by atoms with Gasteiger partial charge in [-0.05, 0) is 31.2 Å². The summed E-state index contributed by atoms with van der Waals surface area (Å²) in [4.78, 5) is 12.7. The molecular weight excluding hydrogens is 226 g/mol. The van der Waals surface area contributed by atoms with Crippen molar-refractivity contribution in [1.29, 1.82) is 0 Å². The Labute approximate surface area is 107 Å². The number of aromatic nitrogens is 3. The largest absolute Gasteiger partial charge is 0.370 e. The second-order valence-electron chi connectivity index (χ2n) is 3.93. The average molecular weight is 243 g/mol. The Kier molecular flexibility index (Phi) is 4.60. The maximum Gasteiger partial charge on any atom is 0.144 e. The molecule has 5 nitrogen and oxygen atoms in total. The van der Waals surface area contributed by atoms with Crippen molar-refractivity contribution < 1.29 is 0 Å². The van der Waals surface area contributed by atoms with Gasteiger partial charge in [-0.2, -0.15) is 0 Å². The van der Waals surface area contributed by atoms with Crippen molar-refractivity contribution in [2.75, 3.05) is 18.9 Å². The van der Waals surface area contributed by atoms with Crippen LogP contribution in [0.25, 0.3) is 0 Å². The molecule has 2 aromatic heterocycles. The molecule has 0 bridgehead atoms. The van der Waals surface area contributed by atoms with Gasteiger partial charge in [0.25, 0.3) is 0 Å². The molecule has 0 radical (unpaired) electrons. The number of hydrogen-bond donors (Lipinski definition) is 2. The van der Waals surface area contributed by atoms with Gasteiger partial charge in [0.15, 0.2) is 0 Å². The third-order valence-electron chi connectivity index (χ3n) is 2.48. The van der Waals surface area contributed by atoms with Gasteiger partial charge in [-0.1, -0.05) is 6.07 Å². The molecule has 0 amide bonds. The maximum atomic E-state index is 4.39. The Morgan fingerprint density at radius 1 is 1.22 bits per heavy atom. The Morgan fingerprint density at radius 3 is 2.94 bits per heavy atom. The van der Waals surface area contributed by atoms with Gasteiger partial charge < -0.3 is 10.6 Å². The van der Waals surface area contributed by atoms with E-state index in [1.807, 2.05) is 25.4 Å². The molecule has 2 rings (SSSR count). The minimum atomic E-state index is 0.679. The van der Waals surface area contributed by atoms with Gasteiger partial charge in [-0.25, -0.2) is 9.97 Å². The van der Waals surface area contributed by atoms with E-state index in [0.717, 1.165) is 24.6 Å².